The van der Waals surface area contributed by atoms with Crippen molar-refractivity contribution in [1.82, 2.24) is 9.80 Å². The summed E-state index contributed by atoms with van der Waals surface area (Å²) >= 11 is 0. The number of benzene rings is 2. The lowest BCUT2D eigenvalue weighted by Gasteiger charge is -2.37. The third kappa shape index (κ3) is 5.93. The van der Waals surface area contributed by atoms with Crippen LogP contribution < -0.4 is 5.32 Å². The Bertz CT molecular complexity index is 859. The summed E-state index contributed by atoms with van der Waals surface area (Å²) in [6.07, 6.45) is -0.304. The number of piperazine rings is 1. The summed E-state index contributed by atoms with van der Waals surface area (Å²) in [5.41, 5.74) is 0.118. The Labute approximate surface area is 175 Å². The molecule has 30 heavy (non-hydrogen) atoms. The number of amides is 1. The van der Waals surface area contributed by atoms with E-state index in [1.807, 2.05) is 35.2 Å². The number of hydrogen-bond donors (Lipinski definition) is 1. The van der Waals surface area contributed by atoms with Gasteiger partial charge >= 0.3 is 6.18 Å². The third-order valence-electron chi connectivity index (χ3n) is 5.30. The maximum absolute atomic E-state index is 13.1. The van der Waals surface area contributed by atoms with Crippen molar-refractivity contribution in [2.45, 2.75) is 19.1 Å². The van der Waals surface area contributed by atoms with Gasteiger partial charge in [0.25, 0.3) is 0 Å². The van der Waals surface area contributed by atoms with Crippen LogP contribution in [0.2, 0.25) is 0 Å². The highest BCUT2D eigenvalue weighted by molar-refractivity contribution is 5.95. The van der Waals surface area contributed by atoms with Gasteiger partial charge in [0.15, 0.2) is 0 Å². The third-order valence-corrected chi connectivity index (χ3v) is 5.30. The van der Waals surface area contributed by atoms with Gasteiger partial charge < -0.3 is 5.32 Å². The molecule has 2 aromatic carbocycles. The van der Waals surface area contributed by atoms with Gasteiger partial charge in [-0.25, -0.2) is 0 Å². The van der Waals surface area contributed by atoms with Gasteiger partial charge in [-0.05, 0) is 24.6 Å². The Balaban J connectivity index is 1.50. The number of alkyl halides is 3. The molecule has 1 heterocycles. The average molecular weight is 417 g/mol. The van der Waals surface area contributed by atoms with Crippen molar-refractivity contribution in [1.29, 1.82) is 0 Å². The van der Waals surface area contributed by atoms with E-state index in [9.17, 15) is 18.0 Å². The van der Waals surface area contributed by atoms with E-state index < -0.39 is 23.7 Å². The molecule has 0 bridgehead atoms. The molecule has 0 aromatic heterocycles. The van der Waals surface area contributed by atoms with E-state index in [0.29, 0.717) is 13.1 Å². The van der Waals surface area contributed by atoms with Gasteiger partial charge in [-0.15, -0.1) is 0 Å². The monoisotopic (exact) mass is 417 g/mol. The molecule has 1 atom stereocenters. The number of hydrogen-bond acceptors (Lipinski definition) is 3. The quantitative estimate of drug-likeness (QED) is 0.759. The Morgan fingerprint density at radius 3 is 2.33 bits per heavy atom. The predicted molar refractivity (Wildman–Crippen MR) is 113 cm³/mol. The summed E-state index contributed by atoms with van der Waals surface area (Å²) in [6, 6.07) is 14.6. The van der Waals surface area contributed by atoms with Crippen LogP contribution in [0.1, 0.15) is 18.1 Å². The van der Waals surface area contributed by atoms with Crippen LogP contribution in [0.3, 0.4) is 0 Å². The van der Waals surface area contributed by atoms with Crippen LogP contribution in [0.15, 0.2) is 60.7 Å². The maximum Gasteiger partial charge on any atom is 0.418 e. The summed E-state index contributed by atoms with van der Waals surface area (Å²) in [7, 11) is 0. The molecule has 1 amide bonds. The first kappa shape index (κ1) is 22.1. The van der Waals surface area contributed by atoms with Crippen LogP contribution in [0.25, 0.3) is 6.08 Å². The highest BCUT2D eigenvalue weighted by Crippen LogP contribution is 2.34. The Morgan fingerprint density at radius 2 is 1.67 bits per heavy atom. The van der Waals surface area contributed by atoms with Crippen LogP contribution in [-0.4, -0.2) is 54.5 Å². The number of rotatable bonds is 6. The molecule has 2 aromatic rings. The number of anilines is 1. The van der Waals surface area contributed by atoms with Crippen LogP contribution in [0.4, 0.5) is 18.9 Å². The van der Waals surface area contributed by atoms with Gasteiger partial charge in [0.05, 0.1) is 17.3 Å². The van der Waals surface area contributed by atoms with Gasteiger partial charge in [0, 0.05) is 32.7 Å². The fourth-order valence-corrected chi connectivity index (χ4v) is 3.48. The van der Waals surface area contributed by atoms with Gasteiger partial charge in [-0.3, -0.25) is 14.6 Å². The van der Waals surface area contributed by atoms with Crippen molar-refractivity contribution >= 4 is 17.7 Å². The smallest absolute Gasteiger partial charge is 0.324 e. The summed E-state index contributed by atoms with van der Waals surface area (Å²) in [5, 5.41) is 2.45. The molecule has 0 aliphatic carbocycles. The lowest BCUT2D eigenvalue weighted by atomic mass is 10.1. The molecule has 0 spiro atoms. The molecule has 1 fully saturated rings. The highest BCUT2D eigenvalue weighted by Gasteiger charge is 2.34. The predicted octanol–water partition coefficient (Wildman–Crippen LogP) is 4.36. The molecular weight excluding hydrogens is 391 g/mol. The fourth-order valence-electron chi connectivity index (χ4n) is 3.48. The largest absolute Gasteiger partial charge is 0.418 e. The fraction of sp³-hybridized carbons (Fsp3) is 0.348. The molecule has 7 heteroatoms. The molecular formula is C23H26F3N3O. The Hall–Kier alpha value is -2.64. The molecule has 1 aliphatic heterocycles. The maximum atomic E-state index is 13.1. The first-order valence-corrected chi connectivity index (χ1v) is 9.99. The zero-order valence-corrected chi connectivity index (χ0v) is 16.9. The zero-order chi connectivity index (χ0) is 21.6. The standard InChI is InChI=1S/C23H26F3N3O/c1-18(22(30)27-21-12-6-5-11-20(21)23(24,25)26)29-16-14-28(15-17-29)13-7-10-19-8-3-2-4-9-19/h2-12,18H,13-17H2,1H3,(H,27,30)/b10-7+/t18-/m0/s1. The molecule has 3 rings (SSSR count). The van der Waals surface area contributed by atoms with Gasteiger partial charge in [0.2, 0.25) is 5.91 Å². The van der Waals surface area contributed by atoms with Crippen molar-refractivity contribution in [3.8, 4) is 0 Å². The minimum Gasteiger partial charge on any atom is -0.324 e. The molecule has 4 nitrogen and oxygen atoms in total. The van der Waals surface area contributed by atoms with Crippen LogP contribution in [0, 0.1) is 0 Å². The second kappa shape index (κ2) is 9.91. The molecule has 1 saturated heterocycles. The van der Waals surface area contributed by atoms with E-state index >= 15 is 0 Å². The average Bonchev–Trinajstić information content (AvgIpc) is 2.74. The zero-order valence-electron chi connectivity index (χ0n) is 16.9. The minimum atomic E-state index is -4.51. The topological polar surface area (TPSA) is 35.6 Å². The summed E-state index contributed by atoms with van der Waals surface area (Å²) < 4.78 is 39.4. The van der Waals surface area contributed by atoms with Crippen molar-refractivity contribution in [2.24, 2.45) is 0 Å². The second-order valence-corrected chi connectivity index (χ2v) is 7.36. The SMILES string of the molecule is C[C@@H](C(=O)Nc1ccccc1C(F)(F)F)N1CCN(C/C=C/c2ccccc2)CC1. The molecule has 160 valence electrons. The molecule has 1 aliphatic rings. The van der Waals surface area contributed by atoms with E-state index in [2.05, 4.69) is 22.4 Å². The lowest BCUT2D eigenvalue weighted by molar-refractivity contribution is -0.137. The normalized spacial score (nSPS) is 17.2. The second-order valence-electron chi connectivity index (χ2n) is 7.36. The highest BCUT2D eigenvalue weighted by atomic mass is 19.4. The Kier molecular flexibility index (Phi) is 7.29. The van der Waals surface area contributed by atoms with Crippen LogP contribution in [0.5, 0.6) is 0 Å². The first-order valence-electron chi connectivity index (χ1n) is 9.99. The van der Waals surface area contributed by atoms with Gasteiger partial charge in [0.1, 0.15) is 0 Å². The van der Waals surface area contributed by atoms with Crippen LogP contribution in [-0.2, 0) is 11.0 Å². The van der Waals surface area contributed by atoms with Gasteiger partial charge in [-0.1, -0.05) is 54.6 Å². The molecule has 1 N–H and O–H groups in total. The van der Waals surface area contributed by atoms with E-state index in [0.717, 1.165) is 31.3 Å². The van der Waals surface area contributed by atoms with Crippen molar-refractivity contribution in [3.05, 3.63) is 71.8 Å². The van der Waals surface area contributed by atoms with Crippen molar-refractivity contribution < 1.29 is 18.0 Å². The van der Waals surface area contributed by atoms with Gasteiger partial charge in [-0.2, -0.15) is 13.2 Å². The summed E-state index contributed by atoms with van der Waals surface area (Å²) in [5.74, 6) is -0.427. The summed E-state index contributed by atoms with van der Waals surface area (Å²) in [4.78, 5) is 16.9. The molecule has 0 unspecified atom stereocenters. The van der Waals surface area contributed by atoms with E-state index in [1.54, 1.807) is 6.92 Å². The lowest BCUT2D eigenvalue weighted by Crippen LogP contribution is -2.52. The first-order chi connectivity index (χ1) is 14.3. The number of carbonyl (C=O) groups is 1. The van der Waals surface area contributed by atoms with E-state index in [1.165, 1.54) is 18.2 Å². The van der Waals surface area contributed by atoms with Crippen LogP contribution >= 0.6 is 0 Å². The van der Waals surface area contributed by atoms with Crippen molar-refractivity contribution in [2.75, 3.05) is 38.0 Å². The minimum absolute atomic E-state index is 0.202. The molecule has 0 saturated carbocycles. The Morgan fingerprint density at radius 1 is 1.03 bits per heavy atom. The number of nitrogens with zero attached hydrogens (tertiary/aromatic N) is 2. The summed E-state index contributed by atoms with van der Waals surface area (Å²) in [6.45, 7) is 5.54. The number of nitrogens with one attached hydrogen (secondary N) is 1. The number of halogens is 3. The van der Waals surface area contributed by atoms with Crippen molar-refractivity contribution in [3.63, 3.8) is 0 Å². The number of para-hydroxylation sites is 1. The molecule has 0 radical (unpaired) electrons. The van der Waals surface area contributed by atoms with E-state index in [4.69, 9.17) is 0 Å². The number of carbonyl (C=O) groups excluding carboxylic acids is 1. The van der Waals surface area contributed by atoms with E-state index in [-0.39, 0.29) is 5.69 Å².